The summed E-state index contributed by atoms with van der Waals surface area (Å²) in [4.78, 5) is 2.15. The molecule has 0 radical (unpaired) electrons. The first-order valence-electron chi connectivity index (χ1n) is 4.92. The van der Waals surface area contributed by atoms with Crippen molar-refractivity contribution in [2.45, 2.75) is 6.54 Å². The Bertz CT molecular complexity index is 443. The summed E-state index contributed by atoms with van der Waals surface area (Å²) < 4.78 is 0. The van der Waals surface area contributed by atoms with E-state index in [0.717, 1.165) is 6.54 Å². The summed E-state index contributed by atoms with van der Waals surface area (Å²) >= 11 is 2.22. The molecule has 2 rings (SSSR count). The molecule has 0 atom stereocenters. The molecule has 0 saturated carbocycles. The normalized spacial score (nSPS) is 10.1. The maximum atomic E-state index is 4.49. The zero-order valence-electron chi connectivity index (χ0n) is 9.31. The van der Waals surface area contributed by atoms with E-state index in [0.29, 0.717) is 0 Å². The summed E-state index contributed by atoms with van der Waals surface area (Å²) in [5, 5.41) is 2.55. The first-order valence-corrected chi connectivity index (χ1v) is 6.92. The van der Waals surface area contributed by atoms with Gasteiger partial charge in [-0.1, -0.05) is 18.2 Å². The Morgan fingerprint density at radius 1 is 1.19 bits per heavy atom. The predicted octanol–water partition coefficient (Wildman–Crippen LogP) is 3.39. The average molecular weight is 326 g/mol. The third kappa shape index (κ3) is 3.88. The van der Waals surface area contributed by atoms with Gasteiger partial charge in [-0.15, -0.1) is 22.4 Å². The molecule has 0 fully saturated rings. The standard InChI is InChI=1S/C13H14N.ClH.Pd/c1-14(2)10-11-7-8-12-5-3-4-6-13(12)9-11;;/h3-6,8-9H,10H2,1-2H3;1H;/q-1;;+2/p-1. The minimum absolute atomic E-state index is 0.949. The molecule has 0 N–H and O–H groups in total. The van der Waals surface area contributed by atoms with Crippen LogP contribution in [0.25, 0.3) is 10.8 Å². The minimum atomic E-state index is 0.949. The summed E-state index contributed by atoms with van der Waals surface area (Å²) in [7, 11) is 8.63. The third-order valence-electron chi connectivity index (χ3n) is 2.23. The van der Waals surface area contributed by atoms with Gasteiger partial charge in [0.25, 0.3) is 0 Å². The van der Waals surface area contributed by atoms with Gasteiger partial charge in [0, 0.05) is 6.54 Å². The molecule has 88 valence electrons. The number of halogens is 1. The van der Waals surface area contributed by atoms with Gasteiger partial charge in [0.15, 0.2) is 0 Å². The van der Waals surface area contributed by atoms with E-state index in [9.17, 15) is 0 Å². The van der Waals surface area contributed by atoms with E-state index < -0.39 is 0 Å². The molecule has 0 aromatic heterocycles. The molecule has 0 amide bonds. The van der Waals surface area contributed by atoms with Crippen molar-refractivity contribution in [1.82, 2.24) is 4.90 Å². The molecule has 3 heteroatoms. The number of fused-ring (bicyclic) bond motifs is 1. The molecule has 0 unspecified atom stereocenters. The van der Waals surface area contributed by atoms with Crippen molar-refractivity contribution in [2.75, 3.05) is 14.1 Å². The summed E-state index contributed by atoms with van der Waals surface area (Å²) in [6, 6.07) is 16.0. The van der Waals surface area contributed by atoms with E-state index >= 15 is 0 Å². The van der Waals surface area contributed by atoms with Crippen molar-refractivity contribution in [2.24, 2.45) is 0 Å². The molecule has 0 bridgehead atoms. The van der Waals surface area contributed by atoms with Gasteiger partial charge < -0.3 is 4.90 Å². The van der Waals surface area contributed by atoms with Gasteiger partial charge in [-0.3, -0.25) is 0 Å². The van der Waals surface area contributed by atoms with Gasteiger partial charge in [-0.2, -0.15) is 18.2 Å². The predicted molar refractivity (Wildman–Crippen MR) is 66.0 cm³/mol. The first kappa shape index (κ1) is 13.7. The van der Waals surface area contributed by atoms with Gasteiger partial charge in [0.2, 0.25) is 0 Å². The van der Waals surface area contributed by atoms with Crippen molar-refractivity contribution >= 4 is 20.3 Å². The molecule has 2 aromatic carbocycles. The summed E-state index contributed by atoms with van der Waals surface area (Å²) in [5.74, 6) is 0. The van der Waals surface area contributed by atoms with Gasteiger partial charge in [0.05, 0.1) is 0 Å². The van der Waals surface area contributed by atoms with Gasteiger partial charge in [0.1, 0.15) is 0 Å². The average Bonchev–Trinajstić information content (AvgIpc) is 2.31. The number of hydrogen-bond donors (Lipinski definition) is 0. The number of hydrogen-bond acceptors (Lipinski definition) is 1. The topological polar surface area (TPSA) is 3.24 Å². The monoisotopic (exact) mass is 325 g/mol. The van der Waals surface area contributed by atoms with Crippen LogP contribution in [0.2, 0.25) is 0 Å². The van der Waals surface area contributed by atoms with E-state index in [-0.39, 0.29) is 0 Å². The fourth-order valence-corrected chi connectivity index (χ4v) is 1.61. The molecule has 0 aliphatic rings. The van der Waals surface area contributed by atoms with Crippen molar-refractivity contribution < 1.29 is 18.2 Å². The molecule has 2 aromatic rings. The van der Waals surface area contributed by atoms with Crippen LogP contribution >= 0.6 is 9.53 Å². The van der Waals surface area contributed by atoms with Crippen LogP contribution in [0.15, 0.2) is 36.4 Å². The van der Waals surface area contributed by atoms with Crippen LogP contribution in [0.4, 0.5) is 0 Å². The van der Waals surface area contributed by atoms with E-state index in [4.69, 9.17) is 0 Å². The van der Waals surface area contributed by atoms with Crippen LogP contribution in [-0.4, -0.2) is 19.0 Å². The molecular weight excluding hydrogens is 312 g/mol. The van der Waals surface area contributed by atoms with Gasteiger partial charge >= 0.3 is 27.7 Å². The van der Waals surface area contributed by atoms with Crippen LogP contribution in [0.3, 0.4) is 0 Å². The van der Waals surface area contributed by atoms with E-state index in [2.05, 4.69) is 89.2 Å². The first-order chi connectivity index (χ1) is 7.75. The van der Waals surface area contributed by atoms with Crippen LogP contribution in [-0.2, 0) is 24.7 Å². The van der Waals surface area contributed by atoms with Crippen molar-refractivity contribution in [1.29, 1.82) is 0 Å². The zero-order valence-corrected chi connectivity index (χ0v) is 11.6. The number of benzene rings is 2. The van der Waals surface area contributed by atoms with Crippen LogP contribution in [0.1, 0.15) is 5.56 Å². The molecule has 0 aliphatic heterocycles. The van der Waals surface area contributed by atoms with E-state index in [1.807, 2.05) is 0 Å². The van der Waals surface area contributed by atoms with Crippen LogP contribution in [0, 0.1) is 6.07 Å². The molecule has 1 nitrogen and oxygen atoms in total. The van der Waals surface area contributed by atoms with Crippen molar-refractivity contribution in [3.63, 3.8) is 0 Å². The Balaban J connectivity index is 0.000000606. The van der Waals surface area contributed by atoms with Gasteiger partial charge in [-0.25, -0.2) is 0 Å². The Morgan fingerprint density at radius 3 is 2.44 bits per heavy atom. The fraction of sp³-hybridized carbons (Fsp3) is 0.231. The molecule has 0 heterocycles. The molecular formula is C13H14ClNPd. The zero-order chi connectivity index (χ0) is 12.0. The van der Waals surface area contributed by atoms with E-state index in [1.54, 1.807) is 0 Å². The Hall–Kier alpha value is -0.388. The van der Waals surface area contributed by atoms with Crippen LogP contribution in [0.5, 0.6) is 0 Å². The van der Waals surface area contributed by atoms with E-state index in [1.165, 1.54) is 16.3 Å². The SMILES string of the molecule is CN(C)Cc1[c-]cc2ccccc2c1.[Cl][Pd+]. The third-order valence-corrected chi connectivity index (χ3v) is 2.23. The number of rotatable bonds is 2. The second kappa shape index (κ2) is 7.04. The fourth-order valence-electron chi connectivity index (χ4n) is 1.61. The van der Waals surface area contributed by atoms with Crippen molar-refractivity contribution in [3.05, 3.63) is 48.0 Å². The summed E-state index contributed by atoms with van der Waals surface area (Å²) in [6.45, 7) is 0.949. The number of nitrogens with zero attached hydrogens (tertiary/aromatic N) is 1. The molecule has 0 spiro atoms. The summed E-state index contributed by atoms with van der Waals surface area (Å²) in [6.07, 6.45) is 0. The molecule has 0 aliphatic carbocycles. The van der Waals surface area contributed by atoms with Gasteiger partial charge in [-0.05, 0) is 14.1 Å². The quantitative estimate of drug-likeness (QED) is 0.604. The van der Waals surface area contributed by atoms with Crippen LogP contribution < -0.4 is 0 Å². The molecule has 0 saturated heterocycles. The second-order valence-electron chi connectivity index (χ2n) is 3.82. The van der Waals surface area contributed by atoms with Crippen molar-refractivity contribution in [3.8, 4) is 0 Å². The Labute approximate surface area is 112 Å². The Morgan fingerprint density at radius 2 is 1.81 bits per heavy atom. The second-order valence-corrected chi connectivity index (χ2v) is 3.82. The summed E-state index contributed by atoms with van der Waals surface area (Å²) in [5.41, 5.74) is 1.24. The molecule has 16 heavy (non-hydrogen) atoms. The Kier molecular flexibility index (Phi) is 6.02. The maximum absolute atomic E-state index is 4.49.